The average molecular weight is 264 g/mol. The molecule has 1 aliphatic rings. The number of rotatable bonds is 3. The van der Waals surface area contributed by atoms with Crippen LogP contribution in [0.4, 0.5) is 5.82 Å². The van der Waals surface area contributed by atoms with Crippen molar-refractivity contribution in [3.8, 4) is 0 Å². The lowest BCUT2D eigenvalue weighted by Crippen LogP contribution is -2.50. The van der Waals surface area contributed by atoms with Crippen LogP contribution in [-0.2, 0) is 4.74 Å². The number of nitrogens with zero attached hydrogens (tertiary/aromatic N) is 3. The van der Waals surface area contributed by atoms with Crippen molar-refractivity contribution in [1.82, 2.24) is 15.3 Å². The van der Waals surface area contributed by atoms with Gasteiger partial charge < -0.3 is 15.0 Å². The first-order chi connectivity index (χ1) is 8.90. The molecule has 3 rings (SSSR count). The summed E-state index contributed by atoms with van der Waals surface area (Å²) in [5.74, 6) is 1.04. The molecule has 1 aliphatic heterocycles. The highest BCUT2D eigenvalue weighted by Crippen LogP contribution is 2.29. The van der Waals surface area contributed by atoms with Crippen LogP contribution in [0.15, 0.2) is 17.8 Å². The Labute approximate surface area is 110 Å². The molecule has 0 spiro atoms. The summed E-state index contributed by atoms with van der Waals surface area (Å²) >= 11 is 1.70. The fourth-order valence-electron chi connectivity index (χ4n) is 2.32. The number of likely N-dealkylation sites (N-methyl/N-ethyl adjacent to an activating group) is 1. The van der Waals surface area contributed by atoms with Gasteiger partial charge in [0.15, 0.2) is 0 Å². The molecule has 5 nitrogen and oxygen atoms in total. The smallest absolute Gasteiger partial charge is 0.150 e. The number of hydrogen-bond donors (Lipinski definition) is 1. The van der Waals surface area contributed by atoms with Crippen LogP contribution in [0.2, 0.25) is 0 Å². The molecule has 2 aromatic heterocycles. The maximum Gasteiger partial charge on any atom is 0.150 e. The number of aromatic nitrogens is 2. The van der Waals surface area contributed by atoms with Crippen molar-refractivity contribution < 1.29 is 4.74 Å². The Bertz CT molecular complexity index is 528. The summed E-state index contributed by atoms with van der Waals surface area (Å²) in [4.78, 5) is 11.1. The van der Waals surface area contributed by atoms with Gasteiger partial charge in [0, 0.05) is 13.1 Å². The van der Waals surface area contributed by atoms with E-state index in [2.05, 4.69) is 25.6 Å². The number of ether oxygens (including phenoxy) is 1. The van der Waals surface area contributed by atoms with E-state index in [1.165, 1.54) is 4.70 Å². The first-order valence-electron chi connectivity index (χ1n) is 6.07. The topological polar surface area (TPSA) is 50.3 Å². The highest BCUT2D eigenvalue weighted by Gasteiger charge is 2.25. The van der Waals surface area contributed by atoms with Gasteiger partial charge in [-0.25, -0.2) is 9.97 Å². The average Bonchev–Trinajstić information content (AvgIpc) is 2.88. The Morgan fingerprint density at radius 2 is 2.50 bits per heavy atom. The Balaban J connectivity index is 1.98. The summed E-state index contributed by atoms with van der Waals surface area (Å²) in [6, 6.07) is 2.38. The molecule has 1 unspecified atom stereocenters. The predicted octanol–water partition coefficient (Wildman–Crippen LogP) is 1.12. The molecule has 18 heavy (non-hydrogen) atoms. The molecular weight excluding hydrogens is 248 g/mol. The normalized spacial score (nSPS) is 20.5. The molecule has 0 radical (unpaired) electrons. The van der Waals surface area contributed by atoms with E-state index in [-0.39, 0.29) is 0 Å². The quantitative estimate of drug-likeness (QED) is 0.900. The van der Waals surface area contributed by atoms with E-state index >= 15 is 0 Å². The Morgan fingerprint density at radius 1 is 1.56 bits per heavy atom. The molecular formula is C12H16N4OS. The van der Waals surface area contributed by atoms with Crippen LogP contribution in [0.25, 0.3) is 10.2 Å². The zero-order valence-electron chi connectivity index (χ0n) is 10.3. The molecule has 96 valence electrons. The third kappa shape index (κ3) is 2.07. The molecule has 0 amide bonds. The number of morpholine rings is 1. The molecule has 1 fully saturated rings. The molecule has 1 saturated heterocycles. The fraction of sp³-hybridized carbons (Fsp3) is 0.500. The summed E-state index contributed by atoms with van der Waals surface area (Å²) in [5.41, 5.74) is 1.03. The van der Waals surface area contributed by atoms with Crippen molar-refractivity contribution in [2.24, 2.45) is 0 Å². The maximum atomic E-state index is 5.56. The van der Waals surface area contributed by atoms with Crippen molar-refractivity contribution >= 4 is 27.4 Å². The minimum absolute atomic E-state index is 0.337. The number of anilines is 1. The van der Waals surface area contributed by atoms with Crippen LogP contribution in [-0.4, -0.2) is 49.4 Å². The van der Waals surface area contributed by atoms with Gasteiger partial charge >= 0.3 is 0 Å². The van der Waals surface area contributed by atoms with Crippen molar-refractivity contribution in [2.45, 2.75) is 6.04 Å². The van der Waals surface area contributed by atoms with E-state index in [1.54, 1.807) is 17.7 Å². The zero-order chi connectivity index (χ0) is 12.4. The number of hydrogen-bond acceptors (Lipinski definition) is 6. The summed E-state index contributed by atoms with van der Waals surface area (Å²) in [5, 5.41) is 5.28. The van der Waals surface area contributed by atoms with Crippen LogP contribution in [0.5, 0.6) is 0 Å². The van der Waals surface area contributed by atoms with Crippen molar-refractivity contribution in [3.63, 3.8) is 0 Å². The van der Waals surface area contributed by atoms with E-state index in [0.717, 1.165) is 37.6 Å². The van der Waals surface area contributed by atoms with E-state index in [9.17, 15) is 0 Å². The van der Waals surface area contributed by atoms with Gasteiger partial charge in [0.25, 0.3) is 0 Å². The molecule has 0 aliphatic carbocycles. The standard InChI is InChI=1S/C12H16N4OS/c1-13-6-9-7-17-4-3-16(9)12-11-10(2-5-18-11)14-8-15-12/h2,5,8-9,13H,3-4,6-7H2,1H3. The van der Waals surface area contributed by atoms with Gasteiger partial charge in [0.2, 0.25) is 0 Å². The van der Waals surface area contributed by atoms with Crippen LogP contribution in [0, 0.1) is 0 Å². The molecule has 0 saturated carbocycles. The maximum absolute atomic E-state index is 5.56. The SMILES string of the molecule is CNCC1COCCN1c1ncnc2ccsc12. The van der Waals surface area contributed by atoms with Gasteiger partial charge in [-0.2, -0.15) is 0 Å². The highest BCUT2D eigenvalue weighted by atomic mass is 32.1. The van der Waals surface area contributed by atoms with Crippen molar-refractivity contribution in [1.29, 1.82) is 0 Å². The van der Waals surface area contributed by atoms with Crippen LogP contribution in [0.1, 0.15) is 0 Å². The molecule has 1 N–H and O–H groups in total. The fourth-order valence-corrected chi connectivity index (χ4v) is 3.17. The number of thiophene rings is 1. The Hall–Kier alpha value is -1.24. The Kier molecular flexibility index (Phi) is 3.40. The predicted molar refractivity (Wildman–Crippen MR) is 73.3 cm³/mol. The molecule has 1 atom stereocenters. The summed E-state index contributed by atoms with van der Waals surface area (Å²) in [7, 11) is 1.97. The van der Waals surface area contributed by atoms with Gasteiger partial charge in [0.1, 0.15) is 12.1 Å². The molecule has 6 heteroatoms. The molecule has 0 bridgehead atoms. The second kappa shape index (κ2) is 5.17. The first kappa shape index (κ1) is 11.8. The third-order valence-electron chi connectivity index (χ3n) is 3.16. The molecule has 2 aromatic rings. The lowest BCUT2D eigenvalue weighted by atomic mass is 10.2. The minimum Gasteiger partial charge on any atom is -0.377 e. The van der Waals surface area contributed by atoms with E-state index < -0.39 is 0 Å². The van der Waals surface area contributed by atoms with Gasteiger partial charge in [-0.3, -0.25) is 0 Å². The second-order valence-corrected chi connectivity index (χ2v) is 5.23. The third-order valence-corrected chi connectivity index (χ3v) is 4.06. The van der Waals surface area contributed by atoms with Crippen molar-refractivity contribution in [2.75, 3.05) is 38.3 Å². The lowest BCUT2D eigenvalue weighted by Gasteiger charge is -2.36. The van der Waals surface area contributed by atoms with Crippen molar-refractivity contribution in [3.05, 3.63) is 17.8 Å². The lowest BCUT2D eigenvalue weighted by molar-refractivity contribution is 0.0941. The van der Waals surface area contributed by atoms with Gasteiger partial charge in [-0.05, 0) is 18.5 Å². The summed E-state index contributed by atoms with van der Waals surface area (Å²) in [6.45, 7) is 3.29. The number of nitrogens with one attached hydrogen (secondary N) is 1. The molecule has 0 aromatic carbocycles. The number of fused-ring (bicyclic) bond motifs is 1. The first-order valence-corrected chi connectivity index (χ1v) is 6.95. The summed E-state index contributed by atoms with van der Waals surface area (Å²) in [6.07, 6.45) is 1.65. The summed E-state index contributed by atoms with van der Waals surface area (Å²) < 4.78 is 6.73. The Morgan fingerprint density at radius 3 is 3.39 bits per heavy atom. The van der Waals surface area contributed by atoms with Gasteiger partial charge in [-0.1, -0.05) is 0 Å². The van der Waals surface area contributed by atoms with Gasteiger partial charge in [-0.15, -0.1) is 11.3 Å². The van der Waals surface area contributed by atoms with Crippen LogP contribution < -0.4 is 10.2 Å². The zero-order valence-corrected chi connectivity index (χ0v) is 11.1. The highest BCUT2D eigenvalue weighted by molar-refractivity contribution is 7.17. The van der Waals surface area contributed by atoms with E-state index in [0.29, 0.717) is 6.04 Å². The van der Waals surface area contributed by atoms with Crippen LogP contribution >= 0.6 is 11.3 Å². The molecule has 3 heterocycles. The second-order valence-electron chi connectivity index (χ2n) is 4.31. The minimum atomic E-state index is 0.337. The monoisotopic (exact) mass is 264 g/mol. The van der Waals surface area contributed by atoms with E-state index in [1.807, 2.05) is 13.1 Å². The van der Waals surface area contributed by atoms with Crippen LogP contribution in [0.3, 0.4) is 0 Å². The van der Waals surface area contributed by atoms with Gasteiger partial charge in [0.05, 0.1) is 29.5 Å². The van der Waals surface area contributed by atoms with E-state index in [4.69, 9.17) is 4.74 Å². The largest absolute Gasteiger partial charge is 0.377 e.